The number of methoxy groups -OCH3 is 1. The van der Waals surface area contributed by atoms with Crippen LogP contribution >= 0.6 is 12.2 Å². The molecule has 3 aromatic carbocycles. The maximum absolute atomic E-state index is 12.8. The number of rotatable bonds is 8. The topological polar surface area (TPSA) is 148 Å². The average molecular weight is 486 g/mol. The highest BCUT2D eigenvalue weighted by atomic mass is 32.2. The smallest absolute Gasteiger partial charge is 0.335 e. The number of carboxylic acids is 1. The van der Waals surface area contributed by atoms with E-state index in [4.69, 9.17) is 22.7 Å². The van der Waals surface area contributed by atoms with Crippen molar-refractivity contribution in [2.75, 3.05) is 17.1 Å². The minimum absolute atomic E-state index is 0.0103. The summed E-state index contributed by atoms with van der Waals surface area (Å²) in [5, 5.41) is 11.9. The fraction of sp³-hybridized carbons (Fsp3) is 0.0455. The van der Waals surface area contributed by atoms with Gasteiger partial charge in [0.1, 0.15) is 10.7 Å². The SMILES string of the molecule is COc1ccc(S(=O)(=O)Nc2ccc(C(=O)O)cc2NC(=O)c2ccc(C(N)=S)cc2)cc1. The summed E-state index contributed by atoms with van der Waals surface area (Å²) in [6.07, 6.45) is 0. The Morgan fingerprint density at radius 1 is 0.909 bits per heavy atom. The highest BCUT2D eigenvalue weighted by Gasteiger charge is 2.19. The number of carbonyl (C=O) groups is 2. The number of aromatic carboxylic acids is 1. The molecule has 5 N–H and O–H groups in total. The van der Waals surface area contributed by atoms with Gasteiger partial charge < -0.3 is 20.9 Å². The first kappa shape index (κ1) is 23.7. The highest BCUT2D eigenvalue weighted by molar-refractivity contribution is 7.92. The number of nitrogens with two attached hydrogens (primary N) is 1. The van der Waals surface area contributed by atoms with Crippen molar-refractivity contribution < 1.29 is 27.9 Å². The normalized spacial score (nSPS) is 10.8. The van der Waals surface area contributed by atoms with E-state index in [2.05, 4.69) is 10.0 Å². The Hall–Kier alpha value is -3.96. The van der Waals surface area contributed by atoms with Crippen LogP contribution in [0.25, 0.3) is 0 Å². The molecule has 11 heteroatoms. The zero-order valence-corrected chi connectivity index (χ0v) is 18.9. The van der Waals surface area contributed by atoms with E-state index in [-0.39, 0.29) is 32.4 Å². The molecule has 0 bridgehead atoms. The van der Waals surface area contributed by atoms with Crippen molar-refractivity contribution in [2.24, 2.45) is 5.73 Å². The second kappa shape index (κ2) is 9.67. The monoisotopic (exact) mass is 485 g/mol. The van der Waals surface area contributed by atoms with Crippen LogP contribution in [0, 0.1) is 0 Å². The first-order valence-corrected chi connectivity index (χ1v) is 11.3. The number of anilines is 2. The third kappa shape index (κ3) is 5.64. The number of hydrogen-bond acceptors (Lipinski definition) is 6. The summed E-state index contributed by atoms with van der Waals surface area (Å²) < 4.78 is 33.1. The van der Waals surface area contributed by atoms with Crippen molar-refractivity contribution in [3.8, 4) is 5.75 Å². The average Bonchev–Trinajstić information content (AvgIpc) is 2.80. The first-order chi connectivity index (χ1) is 15.6. The van der Waals surface area contributed by atoms with Crippen LogP contribution in [-0.2, 0) is 10.0 Å². The van der Waals surface area contributed by atoms with E-state index in [1.54, 1.807) is 12.1 Å². The Bertz CT molecular complexity index is 1320. The molecule has 0 heterocycles. The van der Waals surface area contributed by atoms with Gasteiger partial charge in [0.15, 0.2) is 0 Å². The Labute approximate surface area is 195 Å². The van der Waals surface area contributed by atoms with Crippen molar-refractivity contribution in [3.63, 3.8) is 0 Å². The van der Waals surface area contributed by atoms with Crippen LogP contribution in [0.3, 0.4) is 0 Å². The molecule has 0 unspecified atom stereocenters. The third-order valence-electron chi connectivity index (χ3n) is 4.56. The van der Waals surface area contributed by atoms with Crippen molar-refractivity contribution in [1.29, 1.82) is 0 Å². The van der Waals surface area contributed by atoms with Gasteiger partial charge in [-0.05, 0) is 54.6 Å². The van der Waals surface area contributed by atoms with Gasteiger partial charge in [0, 0.05) is 11.1 Å². The fourth-order valence-corrected chi connectivity index (χ4v) is 4.02. The van der Waals surface area contributed by atoms with Gasteiger partial charge in [0.05, 0.1) is 28.9 Å². The summed E-state index contributed by atoms with van der Waals surface area (Å²) in [7, 11) is -2.59. The molecule has 1 amide bonds. The molecule has 9 nitrogen and oxygen atoms in total. The number of thiocarbonyl (C=S) groups is 1. The number of nitrogens with one attached hydrogen (secondary N) is 2. The molecule has 0 saturated carbocycles. The molecule has 0 saturated heterocycles. The zero-order valence-electron chi connectivity index (χ0n) is 17.2. The van der Waals surface area contributed by atoms with Crippen LogP contribution in [0.4, 0.5) is 11.4 Å². The Morgan fingerprint density at radius 3 is 2.03 bits per heavy atom. The van der Waals surface area contributed by atoms with E-state index in [1.165, 1.54) is 55.6 Å². The van der Waals surface area contributed by atoms with Crippen molar-refractivity contribution in [1.82, 2.24) is 0 Å². The predicted octanol–water partition coefficient (Wildman–Crippen LogP) is 3.08. The molecule has 3 aromatic rings. The summed E-state index contributed by atoms with van der Waals surface area (Å²) in [5.74, 6) is -1.35. The van der Waals surface area contributed by atoms with Crippen molar-refractivity contribution >= 4 is 50.5 Å². The van der Waals surface area contributed by atoms with Gasteiger partial charge in [0.25, 0.3) is 15.9 Å². The number of benzene rings is 3. The molecule has 0 aromatic heterocycles. The lowest BCUT2D eigenvalue weighted by Gasteiger charge is -2.15. The van der Waals surface area contributed by atoms with Crippen LogP contribution in [0.5, 0.6) is 5.75 Å². The maximum Gasteiger partial charge on any atom is 0.335 e. The lowest BCUT2D eigenvalue weighted by Crippen LogP contribution is -2.18. The minimum atomic E-state index is -4.04. The standard InChI is InChI=1S/C22H19N3O6S2/c1-31-16-7-9-17(10-8-16)33(29,30)25-18-11-6-15(22(27)28)12-19(18)24-21(26)14-4-2-13(3-5-14)20(23)32/h2-12,25H,1H3,(H2,23,32)(H,24,26)(H,27,28). The molecule has 0 aliphatic carbocycles. The molecule has 0 atom stereocenters. The summed E-state index contributed by atoms with van der Waals surface area (Å²) >= 11 is 4.89. The van der Waals surface area contributed by atoms with Gasteiger partial charge in [-0.3, -0.25) is 9.52 Å². The Kier molecular flexibility index (Phi) is 6.95. The molecule has 33 heavy (non-hydrogen) atoms. The van der Waals surface area contributed by atoms with E-state index < -0.39 is 21.9 Å². The quantitative estimate of drug-likeness (QED) is 0.356. The zero-order chi connectivity index (χ0) is 24.2. The number of sulfonamides is 1. The second-order valence-corrected chi connectivity index (χ2v) is 8.86. The molecular formula is C22H19N3O6S2. The highest BCUT2D eigenvalue weighted by Crippen LogP contribution is 2.27. The predicted molar refractivity (Wildman–Crippen MR) is 127 cm³/mol. The van der Waals surface area contributed by atoms with E-state index in [0.717, 1.165) is 6.07 Å². The number of hydrogen-bond donors (Lipinski definition) is 4. The van der Waals surface area contributed by atoms with Crippen LogP contribution in [0.15, 0.2) is 71.6 Å². The van der Waals surface area contributed by atoms with Crippen molar-refractivity contribution in [2.45, 2.75) is 4.90 Å². The number of amides is 1. The van der Waals surface area contributed by atoms with Crippen LogP contribution in [0.2, 0.25) is 0 Å². The van der Waals surface area contributed by atoms with Crippen LogP contribution in [0.1, 0.15) is 26.3 Å². The van der Waals surface area contributed by atoms with Gasteiger partial charge in [0.2, 0.25) is 0 Å². The molecule has 0 aliphatic heterocycles. The summed E-state index contributed by atoms with van der Waals surface area (Å²) in [6.45, 7) is 0. The number of carboxylic acid groups (broad SMARTS) is 1. The molecule has 0 spiro atoms. The third-order valence-corrected chi connectivity index (χ3v) is 6.18. The summed E-state index contributed by atoms with van der Waals surface area (Å²) in [4.78, 5) is 24.2. The lowest BCUT2D eigenvalue weighted by atomic mass is 10.1. The first-order valence-electron chi connectivity index (χ1n) is 9.36. The van der Waals surface area contributed by atoms with Gasteiger partial charge in [-0.1, -0.05) is 24.4 Å². The Morgan fingerprint density at radius 2 is 1.48 bits per heavy atom. The largest absolute Gasteiger partial charge is 0.497 e. The molecule has 0 radical (unpaired) electrons. The van der Waals surface area contributed by atoms with Crippen molar-refractivity contribution in [3.05, 3.63) is 83.4 Å². The fourth-order valence-electron chi connectivity index (χ4n) is 2.81. The van der Waals surface area contributed by atoms with Gasteiger partial charge >= 0.3 is 5.97 Å². The van der Waals surface area contributed by atoms with E-state index >= 15 is 0 Å². The summed E-state index contributed by atoms with van der Waals surface area (Å²) in [5.41, 5.74) is 6.18. The second-order valence-electron chi connectivity index (χ2n) is 6.74. The number of carbonyl (C=O) groups excluding carboxylic acids is 1. The van der Waals surface area contributed by atoms with Crippen LogP contribution in [-0.4, -0.2) is 37.5 Å². The number of ether oxygens (including phenoxy) is 1. The van der Waals surface area contributed by atoms with Gasteiger partial charge in [-0.2, -0.15) is 0 Å². The van der Waals surface area contributed by atoms with Gasteiger partial charge in [-0.15, -0.1) is 0 Å². The van der Waals surface area contributed by atoms with E-state index in [0.29, 0.717) is 11.3 Å². The molecule has 170 valence electrons. The van der Waals surface area contributed by atoms with E-state index in [9.17, 15) is 23.1 Å². The lowest BCUT2D eigenvalue weighted by molar-refractivity contribution is 0.0696. The van der Waals surface area contributed by atoms with Crippen LogP contribution < -0.4 is 20.5 Å². The molecule has 3 rings (SSSR count). The molecular weight excluding hydrogens is 466 g/mol. The molecule has 0 fully saturated rings. The molecule has 0 aliphatic rings. The van der Waals surface area contributed by atoms with Gasteiger partial charge in [-0.25, -0.2) is 13.2 Å². The Balaban J connectivity index is 1.93. The summed E-state index contributed by atoms with van der Waals surface area (Å²) in [6, 6.07) is 15.5. The minimum Gasteiger partial charge on any atom is -0.497 e. The maximum atomic E-state index is 12.8. The van der Waals surface area contributed by atoms with E-state index in [1.807, 2.05) is 0 Å².